The molecule has 0 radical (unpaired) electrons. The molecule has 0 aliphatic heterocycles. The Morgan fingerprint density at radius 2 is 1.88 bits per heavy atom. The maximum atomic E-state index is 12.0. The number of aliphatic carboxylic acids is 2. The zero-order valence-corrected chi connectivity index (χ0v) is 10.1. The van der Waals surface area contributed by atoms with Gasteiger partial charge < -0.3 is 10.2 Å². The molecule has 0 amide bonds. The Labute approximate surface area is 98.9 Å². The van der Waals surface area contributed by atoms with E-state index >= 15 is 0 Å². The summed E-state index contributed by atoms with van der Waals surface area (Å²) in [4.78, 5) is 21.5. The molecule has 0 saturated carbocycles. The van der Waals surface area contributed by atoms with Gasteiger partial charge in [0.2, 0.25) is 0 Å². The lowest BCUT2D eigenvalue weighted by atomic mass is 10.2. The summed E-state index contributed by atoms with van der Waals surface area (Å²) in [6.07, 6.45) is -0.640. The van der Waals surface area contributed by atoms with Crippen molar-refractivity contribution in [3.63, 3.8) is 0 Å². The van der Waals surface area contributed by atoms with E-state index in [9.17, 15) is 14.2 Å². The van der Waals surface area contributed by atoms with Crippen LogP contribution in [0.25, 0.3) is 0 Å². The fourth-order valence-electron chi connectivity index (χ4n) is 1.41. The van der Waals surface area contributed by atoms with Gasteiger partial charge in [-0.2, -0.15) is 0 Å². The molecule has 90 valence electrons. The van der Waals surface area contributed by atoms with E-state index in [-0.39, 0.29) is 0 Å². The van der Waals surface area contributed by atoms with Crippen molar-refractivity contribution in [2.45, 2.75) is 19.0 Å². The van der Waals surface area contributed by atoms with E-state index < -0.39 is 31.8 Å². The van der Waals surface area contributed by atoms with Crippen LogP contribution < -0.4 is 5.30 Å². The third-order valence-electron chi connectivity index (χ3n) is 2.29. The van der Waals surface area contributed by atoms with Crippen molar-refractivity contribution in [2.75, 3.05) is 0 Å². The van der Waals surface area contributed by atoms with Crippen molar-refractivity contribution in [2.24, 2.45) is 0 Å². The quantitative estimate of drug-likeness (QED) is 0.775. The number of aryl methyl sites for hydroxylation is 1. The summed E-state index contributed by atoms with van der Waals surface area (Å²) in [5.41, 5.74) is -0.686. The van der Waals surface area contributed by atoms with Gasteiger partial charge in [0, 0.05) is 5.56 Å². The van der Waals surface area contributed by atoms with Crippen molar-refractivity contribution in [3.8, 4) is 0 Å². The zero-order valence-electron chi connectivity index (χ0n) is 9.16. The van der Waals surface area contributed by atoms with Crippen molar-refractivity contribution >= 4 is 25.0 Å². The second kappa shape index (κ2) is 5.55. The smallest absolute Gasteiger partial charge is 0.392 e. The molecule has 17 heavy (non-hydrogen) atoms. The van der Waals surface area contributed by atoms with E-state index in [1.54, 1.807) is 31.2 Å². The SMILES string of the molecule is Cc1ccccc1[P+](=O)C(CC(=O)O)C(=O)O. The molecule has 0 saturated heterocycles. The van der Waals surface area contributed by atoms with Crippen LogP contribution >= 0.6 is 7.80 Å². The summed E-state index contributed by atoms with van der Waals surface area (Å²) >= 11 is 0. The number of carboxylic acid groups (broad SMARTS) is 2. The lowest BCUT2D eigenvalue weighted by Gasteiger charge is -2.00. The molecule has 0 aromatic heterocycles. The van der Waals surface area contributed by atoms with Gasteiger partial charge in [0.05, 0.1) is 0 Å². The van der Waals surface area contributed by atoms with E-state index in [1.165, 1.54) is 0 Å². The fraction of sp³-hybridized carbons (Fsp3) is 0.273. The minimum atomic E-state index is -2.26. The topological polar surface area (TPSA) is 91.7 Å². The minimum absolute atomic E-state index is 0.399. The van der Waals surface area contributed by atoms with Crippen LogP contribution in [0.3, 0.4) is 0 Å². The van der Waals surface area contributed by atoms with Crippen LogP contribution in [0.4, 0.5) is 0 Å². The molecule has 5 nitrogen and oxygen atoms in total. The molecule has 2 atom stereocenters. The second-order valence-corrected chi connectivity index (χ2v) is 5.32. The van der Waals surface area contributed by atoms with Crippen molar-refractivity contribution in [1.29, 1.82) is 0 Å². The first-order chi connectivity index (χ1) is 7.93. The molecule has 1 aromatic rings. The number of hydrogen-bond donors (Lipinski definition) is 2. The summed E-state index contributed by atoms with van der Waals surface area (Å²) in [5, 5.41) is 17.9. The van der Waals surface area contributed by atoms with Gasteiger partial charge in [-0.05, 0) is 13.0 Å². The van der Waals surface area contributed by atoms with Crippen molar-refractivity contribution in [3.05, 3.63) is 29.8 Å². The van der Waals surface area contributed by atoms with Crippen LogP contribution in [0.15, 0.2) is 24.3 Å². The molecule has 2 unspecified atom stereocenters. The first-order valence-electron chi connectivity index (χ1n) is 4.90. The van der Waals surface area contributed by atoms with Gasteiger partial charge >= 0.3 is 19.7 Å². The van der Waals surface area contributed by atoms with Gasteiger partial charge in [0.15, 0.2) is 5.30 Å². The Morgan fingerprint density at radius 3 is 2.35 bits per heavy atom. The number of rotatable bonds is 5. The molecule has 0 aliphatic carbocycles. The summed E-state index contributed by atoms with van der Waals surface area (Å²) in [6.45, 7) is 1.71. The third kappa shape index (κ3) is 3.36. The van der Waals surface area contributed by atoms with Crippen LogP contribution in [-0.4, -0.2) is 27.8 Å². The highest BCUT2D eigenvalue weighted by molar-refractivity contribution is 7.55. The largest absolute Gasteiger partial charge is 0.481 e. The highest BCUT2D eigenvalue weighted by atomic mass is 31.1. The minimum Gasteiger partial charge on any atom is -0.481 e. The first-order valence-corrected chi connectivity index (χ1v) is 6.23. The standard InChI is InChI=1S/C11H11O5P/c1-7-4-2-3-5-8(7)17(16)9(11(14)15)6-10(12)13/h2-5,9H,6H2,1H3,(H-,12,13,14,15)/p+1. The molecule has 0 spiro atoms. The Kier molecular flexibility index (Phi) is 4.35. The predicted molar refractivity (Wildman–Crippen MR) is 62.1 cm³/mol. The first kappa shape index (κ1) is 13.3. The Morgan fingerprint density at radius 1 is 1.29 bits per heavy atom. The number of carboxylic acids is 2. The summed E-state index contributed by atoms with van der Waals surface area (Å²) in [6, 6.07) is 6.66. The highest BCUT2D eigenvalue weighted by Crippen LogP contribution is 2.31. The van der Waals surface area contributed by atoms with Crippen LogP contribution in [0, 0.1) is 6.92 Å². The van der Waals surface area contributed by atoms with E-state index in [0.29, 0.717) is 10.9 Å². The maximum absolute atomic E-state index is 12.0. The molecular formula is C11H12O5P+. The predicted octanol–water partition coefficient (Wildman–Crippen LogP) is 1.38. The van der Waals surface area contributed by atoms with Gasteiger partial charge in [-0.1, -0.05) is 22.8 Å². The van der Waals surface area contributed by atoms with Crippen molar-refractivity contribution < 1.29 is 24.4 Å². The molecule has 0 fully saturated rings. The Hall–Kier alpha value is -1.74. The maximum Gasteiger partial charge on any atom is 0.392 e. The van der Waals surface area contributed by atoms with E-state index in [0.717, 1.165) is 0 Å². The molecule has 0 aliphatic rings. The second-order valence-electron chi connectivity index (χ2n) is 3.56. The van der Waals surface area contributed by atoms with E-state index in [1.807, 2.05) is 0 Å². The van der Waals surface area contributed by atoms with Crippen molar-refractivity contribution in [1.82, 2.24) is 0 Å². The number of hydrogen-bond acceptors (Lipinski definition) is 3. The van der Waals surface area contributed by atoms with Gasteiger partial charge in [-0.25, -0.2) is 4.79 Å². The summed E-state index contributed by atoms with van der Waals surface area (Å²) in [5.74, 6) is -2.62. The number of benzene rings is 1. The molecule has 0 heterocycles. The average molecular weight is 255 g/mol. The molecule has 2 N–H and O–H groups in total. The molecule has 0 bridgehead atoms. The lowest BCUT2D eigenvalue weighted by Crippen LogP contribution is -2.23. The zero-order chi connectivity index (χ0) is 13.0. The van der Waals surface area contributed by atoms with Gasteiger partial charge in [0.25, 0.3) is 5.66 Å². The molecule has 6 heteroatoms. The van der Waals surface area contributed by atoms with Crippen LogP contribution in [0.2, 0.25) is 0 Å². The molecular weight excluding hydrogens is 243 g/mol. The van der Waals surface area contributed by atoms with Crippen LogP contribution in [0.1, 0.15) is 12.0 Å². The monoisotopic (exact) mass is 255 g/mol. The summed E-state index contributed by atoms with van der Waals surface area (Å²) < 4.78 is 12.0. The molecule has 1 aromatic carbocycles. The van der Waals surface area contributed by atoms with E-state index in [4.69, 9.17) is 10.2 Å². The van der Waals surface area contributed by atoms with Crippen LogP contribution in [0.5, 0.6) is 0 Å². The van der Waals surface area contributed by atoms with E-state index in [2.05, 4.69) is 0 Å². The summed E-state index contributed by atoms with van der Waals surface area (Å²) in [7, 11) is -2.26. The van der Waals surface area contributed by atoms with Gasteiger partial charge in [-0.3, -0.25) is 4.79 Å². The van der Waals surface area contributed by atoms with Gasteiger partial charge in [-0.15, -0.1) is 0 Å². The third-order valence-corrected chi connectivity index (χ3v) is 4.24. The average Bonchev–Trinajstić information content (AvgIpc) is 2.25. The Balaban J connectivity index is 3.04. The fourth-order valence-corrected chi connectivity index (χ4v) is 2.93. The normalized spacial score (nSPS) is 12.9. The van der Waals surface area contributed by atoms with Gasteiger partial charge in [0.1, 0.15) is 6.42 Å². The lowest BCUT2D eigenvalue weighted by molar-refractivity contribution is -0.143. The number of carbonyl (C=O) groups is 2. The molecule has 1 rings (SSSR count). The highest BCUT2D eigenvalue weighted by Gasteiger charge is 2.41. The van der Waals surface area contributed by atoms with Crippen LogP contribution in [-0.2, 0) is 14.2 Å². The Bertz CT molecular complexity index is 469.